The van der Waals surface area contributed by atoms with Gasteiger partial charge in [-0.15, -0.1) is 0 Å². The summed E-state index contributed by atoms with van der Waals surface area (Å²) in [5.41, 5.74) is -0.627. The molecule has 0 saturated heterocycles. The number of carbonyl (C=O) groups is 2. The van der Waals surface area contributed by atoms with E-state index in [4.69, 9.17) is 9.84 Å². The molecule has 0 aliphatic rings. The molecule has 6 heteroatoms. The highest BCUT2D eigenvalue weighted by molar-refractivity contribution is 5.79. The minimum atomic E-state index is -1.03. The summed E-state index contributed by atoms with van der Waals surface area (Å²) in [4.78, 5) is 22.5. The standard InChI is InChI=1S/C13H26N2O4/c1-5-14-9-7-6-8-10(11(16)17)15-12(18)19-13(2,3)4/h10,14H,5-9H2,1-4H3,(H,15,18)(H,16,17)/t10-/m1/s1. The summed E-state index contributed by atoms with van der Waals surface area (Å²) in [5, 5.41) is 14.6. The number of carboxylic acids is 1. The van der Waals surface area contributed by atoms with E-state index in [0.29, 0.717) is 6.42 Å². The molecule has 1 atom stereocenters. The molecule has 0 aromatic heterocycles. The first-order valence-corrected chi connectivity index (χ1v) is 6.69. The van der Waals surface area contributed by atoms with E-state index in [2.05, 4.69) is 10.6 Å². The van der Waals surface area contributed by atoms with Crippen LogP contribution in [0.15, 0.2) is 0 Å². The number of hydrogen-bond acceptors (Lipinski definition) is 4. The first-order valence-electron chi connectivity index (χ1n) is 6.69. The van der Waals surface area contributed by atoms with Gasteiger partial charge >= 0.3 is 12.1 Å². The monoisotopic (exact) mass is 274 g/mol. The van der Waals surface area contributed by atoms with Crippen molar-refractivity contribution in [2.75, 3.05) is 13.1 Å². The van der Waals surface area contributed by atoms with Crippen LogP contribution in [0.25, 0.3) is 0 Å². The van der Waals surface area contributed by atoms with Crippen LogP contribution in [-0.2, 0) is 9.53 Å². The number of ether oxygens (including phenoxy) is 1. The highest BCUT2D eigenvalue weighted by atomic mass is 16.6. The predicted molar refractivity (Wildman–Crippen MR) is 73.2 cm³/mol. The SMILES string of the molecule is CCNCCCC[C@@H](NC(=O)OC(C)(C)C)C(=O)O. The molecule has 0 aromatic carbocycles. The highest BCUT2D eigenvalue weighted by Crippen LogP contribution is 2.08. The average Bonchev–Trinajstić information content (AvgIpc) is 2.24. The van der Waals surface area contributed by atoms with Crippen LogP contribution >= 0.6 is 0 Å². The van der Waals surface area contributed by atoms with E-state index in [9.17, 15) is 9.59 Å². The Balaban J connectivity index is 4.05. The average molecular weight is 274 g/mol. The lowest BCUT2D eigenvalue weighted by atomic mass is 10.1. The van der Waals surface area contributed by atoms with Crippen molar-refractivity contribution in [2.24, 2.45) is 0 Å². The summed E-state index contributed by atoms with van der Waals surface area (Å²) >= 11 is 0. The van der Waals surface area contributed by atoms with Crippen LogP contribution in [0.1, 0.15) is 47.0 Å². The largest absolute Gasteiger partial charge is 0.480 e. The first-order chi connectivity index (χ1) is 8.76. The van der Waals surface area contributed by atoms with Crippen molar-refractivity contribution in [2.45, 2.75) is 58.6 Å². The van der Waals surface area contributed by atoms with Crippen molar-refractivity contribution in [3.63, 3.8) is 0 Å². The van der Waals surface area contributed by atoms with Crippen molar-refractivity contribution in [3.8, 4) is 0 Å². The number of aliphatic carboxylic acids is 1. The Morgan fingerprint density at radius 1 is 1.26 bits per heavy atom. The van der Waals surface area contributed by atoms with E-state index in [1.165, 1.54) is 0 Å². The molecule has 0 saturated carbocycles. The number of amides is 1. The van der Waals surface area contributed by atoms with Gasteiger partial charge in [-0.05, 0) is 53.1 Å². The van der Waals surface area contributed by atoms with Gasteiger partial charge in [0.05, 0.1) is 0 Å². The van der Waals surface area contributed by atoms with E-state index in [-0.39, 0.29) is 0 Å². The van der Waals surface area contributed by atoms with Gasteiger partial charge in [-0.1, -0.05) is 6.92 Å². The molecule has 0 aromatic rings. The fraction of sp³-hybridized carbons (Fsp3) is 0.846. The lowest BCUT2D eigenvalue weighted by Gasteiger charge is -2.22. The van der Waals surface area contributed by atoms with Crippen LogP contribution in [0, 0.1) is 0 Å². The van der Waals surface area contributed by atoms with Gasteiger partial charge in [-0.2, -0.15) is 0 Å². The summed E-state index contributed by atoms with van der Waals surface area (Å²) < 4.78 is 5.04. The topological polar surface area (TPSA) is 87.7 Å². The van der Waals surface area contributed by atoms with Crippen LogP contribution < -0.4 is 10.6 Å². The summed E-state index contributed by atoms with van der Waals surface area (Å²) in [6.07, 6.45) is 1.33. The van der Waals surface area contributed by atoms with E-state index in [1.807, 2.05) is 6.92 Å². The van der Waals surface area contributed by atoms with Gasteiger partial charge in [0.2, 0.25) is 0 Å². The molecule has 0 spiro atoms. The van der Waals surface area contributed by atoms with Gasteiger partial charge in [-0.25, -0.2) is 9.59 Å². The van der Waals surface area contributed by atoms with Gasteiger partial charge in [0.25, 0.3) is 0 Å². The van der Waals surface area contributed by atoms with Gasteiger partial charge < -0.3 is 20.5 Å². The highest BCUT2D eigenvalue weighted by Gasteiger charge is 2.23. The van der Waals surface area contributed by atoms with Gasteiger partial charge in [0.15, 0.2) is 0 Å². The molecule has 1 amide bonds. The third kappa shape index (κ3) is 10.3. The molecule has 19 heavy (non-hydrogen) atoms. The third-order valence-corrected chi connectivity index (χ3v) is 2.34. The molecule has 0 heterocycles. The zero-order chi connectivity index (χ0) is 14.9. The smallest absolute Gasteiger partial charge is 0.408 e. The Morgan fingerprint density at radius 3 is 2.37 bits per heavy atom. The molecule has 112 valence electrons. The second kappa shape index (κ2) is 8.74. The lowest BCUT2D eigenvalue weighted by Crippen LogP contribution is -2.43. The molecular formula is C13H26N2O4. The molecule has 0 radical (unpaired) electrons. The quantitative estimate of drug-likeness (QED) is 0.587. The molecule has 0 unspecified atom stereocenters. The fourth-order valence-corrected chi connectivity index (χ4v) is 1.48. The number of rotatable bonds is 8. The summed E-state index contributed by atoms with van der Waals surface area (Å²) in [6.45, 7) is 8.98. The Hall–Kier alpha value is -1.30. The van der Waals surface area contributed by atoms with Gasteiger partial charge in [0.1, 0.15) is 11.6 Å². The molecule has 0 aliphatic carbocycles. The second-order valence-corrected chi connectivity index (χ2v) is 5.39. The van der Waals surface area contributed by atoms with Crippen molar-refractivity contribution in [1.82, 2.24) is 10.6 Å². The number of alkyl carbamates (subject to hydrolysis) is 1. The maximum Gasteiger partial charge on any atom is 0.408 e. The van der Waals surface area contributed by atoms with Crippen molar-refractivity contribution < 1.29 is 19.4 Å². The number of nitrogens with one attached hydrogen (secondary N) is 2. The lowest BCUT2D eigenvalue weighted by molar-refractivity contribution is -0.139. The number of carboxylic acid groups (broad SMARTS) is 1. The minimum Gasteiger partial charge on any atom is -0.480 e. The summed E-state index contributed by atoms with van der Waals surface area (Å²) in [6, 6.07) is -0.892. The van der Waals surface area contributed by atoms with E-state index < -0.39 is 23.7 Å². The van der Waals surface area contributed by atoms with Crippen molar-refractivity contribution in [1.29, 1.82) is 0 Å². The number of unbranched alkanes of at least 4 members (excludes halogenated alkanes) is 1. The molecule has 0 fully saturated rings. The Morgan fingerprint density at radius 2 is 1.89 bits per heavy atom. The molecule has 0 rings (SSSR count). The number of hydrogen-bond donors (Lipinski definition) is 3. The van der Waals surface area contributed by atoms with Crippen molar-refractivity contribution >= 4 is 12.1 Å². The predicted octanol–water partition coefficient (Wildman–Crippen LogP) is 1.74. The Labute approximate surface area is 114 Å². The van der Waals surface area contributed by atoms with Crippen LogP contribution in [-0.4, -0.2) is 41.9 Å². The molecule has 3 N–H and O–H groups in total. The van der Waals surface area contributed by atoms with E-state index in [0.717, 1.165) is 25.9 Å². The maximum absolute atomic E-state index is 11.5. The van der Waals surface area contributed by atoms with Crippen molar-refractivity contribution in [3.05, 3.63) is 0 Å². The Kier molecular flexibility index (Phi) is 8.14. The normalized spacial score (nSPS) is 12.8. The van der Waals surface area contributed by atoms with E-state index in [1.54, 1.807) is 20.8 Å². The summed E-state index contributed by atoms with van der Waals surface area (Å²) in [7, 11) is 0. The first kappa shape index (κ1) is 17.7. The minimum absolute atomic E-state index is 0.403. The van der Waals surface area contributed by atoms with Crippen LogP contribution in [0.4, 0.5) is 4.79 Å². The zero-order valence-corrected chi connectivity index (χ0v) is 12.3. The second-order valence-electron chi connectivity index (χ2n) is 5.39. The fourth-order valence-electron chi connectivity index (χ4n) is 1.48. The maximum atomic E-state index is 11.5. The molecule has 0 aliphatic heterocycles. The summed E-state index contributed by atoms with van der Waals surface area (Å²) in [5.74, 6) is -1.03. The van der Waals surface area contributed by atoms with Crippen LogP contribution in [0.2, 0.25) is 0 Å². The van der Waals surface area contributed by atoms with Crippen LogP contribution in [0.5, 0.6) is 0 Å². The van der Waals surface area contributed by atoms with Gasteiger partial charge in [-0.3, -0.25) is 0 Å². The van der Waals surface area contributed by atoms with Crippen LogP contribution in [0.3, 0.4) is 0 Å². The molecular weight excluding hydrogens is 248 g/mol. The van der Waals surface area contributed by atoms with Gasteiger partial charge in [0, 0.05) is 0 Å². The molecule has 0 bridgehead atoms. The Bertz CT molecular complexity index is 287. The number of carbonyl (C=O) groups excluding carboxylic acids is 1. The molecule has 6 nitrogen and oxygen atoms in total. The zero-order valence-electron chi connectivity index (χ0n) is 12.3. The van der Waals surface area contributed by atoms with E-state index >= 15 is 0 Å². The third-order valence-electron chi connectivity index (χ3n) is 2.34.